The van der Waals surface area contributed by atoms with E-state index in [-0.39, 0.29) is 22.9 Å². The van der Waals surface area contributed by atoms with Crippen molar-refractivity contribution in [2.45, 2.75) is 6.92 Å². The highest BCUT2D eigenvalue weighted by Gasteiger charge is 2.06. The highest BCUT2D eigenvalue weighted by molar-refractivity contribution is 8.93. The van der Waals surface area contributed by atoms with Gasteiger partial charge in [-0.2, -0.15) is 4.99 Å². The standard InChI is InChI=1S/C13H15N5O2S.BrH/c1-2-20-13(19)16-9-5-3-8(4-6-9)10-7-21-12(17-10)18-11(14)15;/h3-7H,2H2,1H3,(H,16,19)(H4,14,15,17,18);1H. The molecule has 0 saturated heterocycles. The smallest absolute Gasteiger partial charge is 0.411 e. The molecular weight excluding hydrogens is 370 g/mol. The monoisotopic (exact) mass is 385 g/mol. The second-order valence-electron chi connectivity index (χ2n) is 3.97. The van der Waals surface area contributed by atoms with E-state index in [9.17, 15) is 4.79 Å². The van der Waals surface area contributed by atoms with Crippen molar-refractivity contribution < 1.29 is 9.53 Å². The number of aromatic nitrogens is 1. The number of carbonyl (C=O) groups is 1. The van der Waals surface area contributed by atoms with Crippen LogP contribution < -0.4 is 16.8 Å². The summed E-state index contributed by atoms with van der Waals surface area (Å²) in [6.45, 7) is 2.08. The summed E-state index contributed by atoms with van der Waals surface area (Å²) in [7, 11) is 0. The van der Waals surface area contributed by atoms with Crippen LogP contribution in [0.4, 0.5) is 15.6 Å². The molecule has 0 radical (unpaired) electrons. The lowest BCUT2D eigenvalue weighted by atomic mass is 10.1. The lowest BCUT2D eigenvalue weighted by Crippen LogP contribution is -2.21. The van der Waals surface area contributed by atoms with E-state index in [2.05, 4.69) is 15.3 Å². The van der Waals surface area contributed by atoms with Gasteiger partial charge >= 0.3 is 6.09 Å². The summed E-state index contributed by atoms with van der Waals surface area (Å²) in [5, 5.41) is 4.97. The van der Waals surface area contributed by atoms with Crippen LogP contribution >= 0.6 is 28.3 Å². The molecule has 0 aliphatic rings. The molecule has 0 aliphatic heterocycles. The summed E-state index contributed by atoms with van der Waals surface area (Å²) in [4.78, 5) is 19.5. The first kappa shape index (κ1) is 17.9. The summed E-state index contributed by atoms with van der Waals surface area (Å²) in [5.41, 5.74) is 12.9. The number of hydrogen-bond acceptors (Lipinski definition) is 5. The van der Waals surface area contributed by atoms with Crippen LogP contribution in [-0.2, 0) is 4.74 Å². The average Bonchev–Trinajstić information content (AvgIpc) is 2.87. The molecule has 0 atom stereocenters. The van der Waals surface area contributed by atoms with Crippen molar-refractivity contribution in [1.29, 1.82) is 0 Å². The first-order valence-electron chi connectivity index (χ1n) is 6.18. The fourth-order valence-electron chi connectivity index (χ4n) is 1.57. The van der Waals surface area contributed by atoms with Gasteiger partial charge in [0, 0.05) is 16.6 Å². The quantitative estimate of drug-likeness (QED) is 0.552. The van der Waals surface area contributed by atoms with Gasteiger partial charge < -0.3 is 16.2 Å². The average molecular weight is 386 g/mol. The van der Waals surface area contributed by atoms with E-state index >= 15 is 0 Å². The predicted molar refractivity (Wildman–Crippen MR) is 94.0 cm³/mol. The molecule has 1 aromatic carbocycles. The molecule has 2 aromatic rings. The van der Waals surface area contributed by atoms with Gasteiger partial charge in [0.05, 0.1) is 12.3 Å². The first-order valence-corrected chi connectivity index (χ1v) is 7.06. The Kier molecular flexibility index (Phi) is 6.80. The maximum absolute atomic E-state index is 11.3. The van der Waals surface area contributed by atoms with Gasteiger partial charge in [-0.1, -0.05) is 12.1 Å². The van der Waals surface area contributed by atoms with Crippen molar-refractivity contribution in [3.8, 4) is 11.3 Å². The molecule has 0 saturated carbocycles. The molecule has 5 N–H and O–H groups in total. The minimum Gasteiger partial charge on any atom is -0.450 e. The van der Waals surface area contributed by atoms with Gasteiger partial charge in [0.15, 0.2) is 5.96 Å². The fraction of sp³-hybridized carbons (Fsp3) is 0.154. The maximum atomic E-state index is 11.3. The number of carbonyl (C=O) groups excluding carboxylic acids is 1. The van der Waals surface area contributed by atoms with Crippen molar-refractivity contribution in [3.63, 3.8) is 0 Å². The molecule has 22 heavy (non-hydrogen) atoms. The third kappa shape index (κ3) is 5.01. The number of ether oxygens (including phenoxy) is 1. The molecular formula is C13H16BrN5O2S. The molecule has 2 rings (SSSR count). The van der Waals surface area contributed by atoms with E-state index in [4.69, 9.17) is 16.2 Å². The summed E-state index contributed by atoms with van der Waals surface area (Å²) in [6.07, 6.45) is -0.478. The zero-order valence-electron chi connectivity index (χ0n) is 11.8. The van der Waals surface area contributed by atoms with Crippen molar-refractivity contribution in [2.24, 2.45) is 16.5 Å². The molecule has 1 heterocycles. The number of aliphatic imine (C=N–C) groups is 1. The second kappa shape index (κ2) is 8.35. The number of anilines is 1. The van der Waals surface area contributed by atoms with Gasteiger partial charge in [0.1, 0.15) is 0 Å². The van der Waals surface area contributed by atoms with Gasteiger partial charge in [-0.25, -0.2) is 9.78 Å². The molecule has 0 spiro atoms. The largest absolute Gasteiger partial charge is 0.450 e. The van der Waals surface area contributed by atoms with E-state index in [0.717, 1.165) is 11.3 Å². The summed E-state index contributed by atoms with van der Waals surface area (Å²) >= 11 is 1.35. The summed E-state index contributed by atoms with van der Waals surface area (Å²) in [5.74, 6) is -0.0233. The highest BCUT2D eigenvalue weighted by Crippen LogP contribution is 2.27. The third-order valence-electron chi connectivity index (χ3n) is 2.42. The summed E-state index contributed by atoms with van der Waals surface area (Å²) < 4.78 is 4.80. The number of hydrogen-bond donors (Lipinski definition) is 3. The van der Waals surface area contributed by atoms with E-state index in [1.807, 2.05) is 17.5 Å². The van der Waals surface area contributed by atoms with Crippen molar-refractivity contribution in [2.75, 3.05) is 11.9 Å². The number of nitrogens with zero attached hydrogens (tertiary/aromatic N) is 2. The Morgan fingerprint density at radius 1 is 1.36 bits per heavy atom. The van der Waals surface area contributed by atoms with Crippen LogP contribution in [0.1, 0.15) is 6.92 Å². The minimum absolute atomic E-state index is 0. The molecule has 1 amide bonds. The van der Waals surface area contributed by atoms with Gasteiger partial charge in [-0.3, -0.25) is 5.32 Å². The number of benzene rings is 1. The number of rotatable bonds is 4. The Balaban J connectivity index is 0.00000242. The molecule has 118 valence electrons. The number of nitrogens with one attached hydrogen (secondary N) is 1. The second-order valence-corrected chi connectivity index (χ2v) is 4.81. The first-order chi connectivity index (χ1) is 10.1. The van der Waals surface area contributed by atoms with Crippen molar-refractivity contribution >= 4 is 51.2 Å². The molecule has 1 aromatic heterocycles. The van der Waals surface area contributed by atoms with Gasteiger partial charge in [0.25, 0.3) is 0 Å². The Morgan fingerprint density at radius 3 is 2.64 bits per heavy atom. The number of guanidine groups is 1. The van der Waals surface area contributed by atoms with E-state index in [1.165, 1.54) is 11.3 Å². The van der Waals surface area contributed by atoms with E-state index in [0.29, 0.717) is 17.4 Å². The zero-order valence-corrected chi connectivity index (χ0v) is 14.3. The molecule has 0 fully saturated rings. The van der Waals surface area contributed by atoms with Crippen LogP contribution in [0.2, 0.25) is 0 Å². The number of amides is 1. The van der Waals surface area contributed by atoms with Crippen LogP contribution in [0.15, 0.2) is 34.6 Å². The fourth-order valence-corrected chi connectivity index (χ4v) is 2.28. The molecule has 0 unspecified atom stereocenters. The summed E-state index contributed by atoms with van der Waals surface area (Å²) in [6, 6.07) is 7.23. The van der Waals surface area contributed by atoms with Gasteiger partial charge in [-0.05, 0) is 19.1 Å². The normalized spacial score (nSPS) is 9.50. The highest BCUT2D eigenvalue weighted by atomic mass is 79.9. The Labute approximate surface area is 142 Å². The van der Waals surface area contributed by atoms with Crippen LogP contribution in [0.3, 0.4) is 0 Å². The van der Waals surface area contributed by atoms with Crippen LogP contribution in [0.5, 0.6) is 0 Å². The minimum atomic E-state index is -0.478. The topological polar surface area (TPSA) is 116 Å². The molecule has 0 bridgehead atoms. The van der Waals surface area contributed by atoms with Gasteiger partial charge in [-0.15, -0.1) is 28.3 Å². The van der Waals surface area contributed by atoms with Crippen LogP contribution in [-0.4, -0.2) is 23.6 Å². The molecule has 9 heteroatoms. The van der Waals surface area contributed by atoms with Gasteiger partial charge in [0.2, 0.25) is 5.13 Å². The van der Waals surface area contributed by atoms with E-state index < -0.39 is 6.09 Å². The Morgan fingerprint density at radius 2 is 2.05 bits per heavy atom. The SMILES string of the molecule is Br.CCOC(=O)Nc1ccc(-c2csc(N=C(N)N)n2)cc1. The molecule has 0 aliphatic carbocycles. The van der Waals surface area contributed by atoms with Crippen molar-refractivity contribution in [1.82, 2.24) is 4.98 Å². The molecule has 7 nitrogen and oxygen atoms in total. The van der Waals surface area contributed by atoms with Crippen LogP contribution in [0.25, 0.3) is 11.3 Å². The Hall–Kier alpha value is -2.13. The maximum Gasteiger partial charge on any atom is 0.411 e. The number of halogens is 1. The third-order valence-corrected chi connectivity index (χ3v) is 3.15. The number of thiazole rings is 1. The Bertz CT molecular complexity index is 653. The van der Waals surface area contributed by atoms with Crippen molar-refractivity contribution in [3.05, 3.63) is 29.6 Å². The lowest BCUT2D eigenvalue weighted by molar-refractivity contribution is 0.168. The lowest BCUT2D eigenvalue weighted by Gasteiger charge is -2.05. The predicted octanol–water partition coefficient (Wildman–Crippen LogP) is 2.86. The number of nitrogens with two attached hydrogens (primary N) is 2. The van der Waals surface area contributed by atoms with Crippen LogP contribution in [0, 0.1) is 0 Å². The van der Waals surface area contributed by atoms with E-state index in [1.54, 1.807) is 19.1 Å². The zero-order chi connectivity index (χ0) is 15.2.